The number of benzene rings is 1. The van der Waals surface area contributed by atoms with Gasteiger partial charge in [0.1, 0.15) is 5.60 Å². The van der Waals surface area contributed by atoms with Crippen molar-refractivity contribution >= 4 is 6.09 Å². The van der Waals surface area contributed by atoms with Gasteiger partial charge in [-0.05, 0) is 46.1 Å². The molecule has 0 aliphatic carbocycles. The smallest absolute Gasteiger partial charge is 0.410 e. The van der Waals surface area contributed by atoms with Gasteiger partial charge in [-0.1, -0.05) is 30.3 Å². The van der Waals surface area contributed by atoms with Crippen LogP contribution in [0.5, 0.6) is 0 Å². The van der Waals surface area contributed by atoms with E-state index in [1.54, 1.807) is 4.90 Å². The SMILES string of the molecule is C[C@H](NC1CCN(C(=O)OC(C)(C)C)C(CO)C1)c1ccccc1. The molecule has 134 valence electrons. The Bertz CT molecular complexity index is 527. The van der Waals surface area contributed by atoms with Crippen molar-refractivity contribution < 1.29 is 14.6 Å². The van der Waals surface area contributed by atoms with Crippen molar-refractivity contribution in [2.45, 2.75) is 64.3 Å². The molecule has 0 aromatic heterocycles. The van der Waals surface area contributed by atoms with Gasteiger partial charge in [-0.15, -0.1) is 0 Å². The molecule has 5 heteroatoms. The van der Waals surface area contributed by atoms with Gasteiger partial charge in [-0.25, -0.2) is 4.79 Å². The zero-order valence-electron chi connectivity index (χ0n) is 15.2. The van der Waals surface area contributed by atoms with Gasteiger partial charge in [0.2, 0.25) is 0 Å². The Kier molecular flexibility index (Phi) is 6.24. The first-order valence-electron chi connectivity index (χ1n) is 8.71. The van der Waals surface area contributed by atoms with Crippen LogP contribution in [-0.4, -0.2) is 46.9 Å². The summed E-state index contributed by atoms with van der Waals surface area (Å²) in [6, 6.07) is 10.6. The second kappa shape index (κ2) is 7.99. The van der Waals surface area contributed by atoms with Crippen molar-refractivity contribution in [1.82, 2.24) is 10.2 Å². The van der Waals surface area contributed by atoms with Crippen LogP contribution in [0.25, 0.3) is 0 Å². The highest BCUT2D eigenvalue weighted by Gasteiger charge is 2.34. The first-order valence-corrected chi connectivity index (χ1v) is 8.71. The predicted octanol–water partition coefficient (Wildman–Crippen LogP) is 3.10. The van der Waals surface area contributed by atoms with Gasteiger partial charge < -0.3 is 20.1 Å². The molecule has 1 heterocycles. The average Bonchev–Trinajstić information content (AvgIpc) is 2.53. The Morgan fingerprint density at radius 2 is 2.04 bits per heavy atom. The number of piperidine rings is 1. The van der Waals surface area contributed by atoms with Crippen molar-refractivity contribution in [3.05, 3.63) is 35.9 Å². The van der Waals surface area contributed by atoms with Crippen molar-refractivity contribution in [2.75, 3.05) is 13.2 Å². The maximum atomic E-state index is 12.3. The molecule has 1 fully saturated rings. The molecule has 5 nitrogen and oxygen atoms in total. The van der Waals surface area contributed by atoms with Gasteiger partial charge in [-0.3, -0.25) is 0 Å². The summed E-state index contributed by atoms with van der Waals surface area (Å²) in [5.74, 6) is 0. The van der Waals surface area contributed by atoms with E-state index < -0.39 is 5.60 Å². The van der Waals surface area contributed by atoms with E-state index in [0.29, 0.717) is 6.54 Å². The van der Waals surface area contributed by atoms with Crippen LogP contribution in [0.4, 0.5) is 4.79 Å². The molecular formula is C19H30N2O3. The lowest BCUT2D eigenvalue weighted by Gasteiger charge is -2.40. The monoisotopic (exact) mass is 334 g/mol. The molecule has 2 unspecified atom stereocenters. The second-order valence-electron chi connectivity index (χ2n) is 7.53. The zero-order chi connectivity index (χ0) is 17.7. The second-order valence-corrected chi connectivity index (χ2v) is 7.53. The topological polar surface area (TPSA) is 61.8 Å². The van der Waals surface area contributed by atoms with E-state index in [1.165, 1.54) is 5.56 Å². The van der Waals surface area contributed by atoms with Crippen molar-refractivity contribution in [1.29, 1.82) is 0 Å². The minimum absolute atomic E-state index is 0.0445. The number of aliphatic hydroxyl groups excluding tert-OH is 1. The molecule has 1 aromatic rings. The molecule has 1 amide bonds. The summed E-state index contributed by atoms with van der Waals surface area (Å²) in [7, 11) is 0. The first kappa shape index (κ1) is 18.7. The maximum Gasteiger partial charge on any atom is 0.410 e. The third kappa shape index (κ3) is 5.21. The number of nitrogens with one attached hydrogen (secondary N) is 1. The number of hydrogen-bond donors (Lipinski definition) is 2. The van der Waals surface area contributed by atoms with Crippen LogP contribution in [0.15, 0.2) is 30.3 Å². The Morgan fingerprint density at radius 1 is 1.38 bits per heavy atom. The fourth-order valence-corrected chi connectivity index (χ4v) is 3.13. The van der Waals surface area contributed by atoms with Gasteiger partial charge in [0.15, 0.2) is 0 Å². The normalized spacial score (nSPS) is 23.0. The summed E-state index contributed by atoms with van der Waals surface area (Å²) in [6.45, 7) is 8.26. The summed E-state index contributed by atoms with van der Waals surface area (Å²) in [6.07, 6.45) is 1.25. The van der Waals surface area contributed by atoms with E-state index in [9.17, 15) is 9.90 Å². The minimum Gasteiger partial charge on any atom is -0.444 e. The number of amides is 1. The summed E-state index contributed by atoms with van der Waals surface area (Å²) in [4.78, 5) is 14.0. The number of carbonyl (C=O) groups is 1. The van der Waals surface area contributed by atoms with Gasteiger partial charge in [0, 0.05) is 18.6 Å². The summed E-state index contributed by atoms with van der Waals surface area (Å²) in [5, 5.41) is 13.3. The fraction of sp³-hybridized carbons (Fsp3) is 0.632. The molecule has 0 radical (unpaired) electrons. The van der Waals surface area contributed by atoms with Crippen LogP contribution in [0.2, 0.25) is 0 Å². The molecule has 0 spiro atoms. The van der Waals surface area contributed by atoms with Crippen LogP contribution in [0.3, 0.4) is 0 Å². The zero-order valence-corrected chi connectivity index (χ0v) is 15.2. The molecule has 2 N–H and O–H groups in total. The van der Waals surface area contributed by atoms with E-state index >= 15 is 0 Å². The third-order valence-electron chi connectivity index (χ3n) is 4.34. The Morgan fingerprint density at radius 3 is 2.62 bits per heavy atom. The van der Waals surface area contributed by atoms with E-state index in [2.05, 4.69) is 24.4 Å². The highest BCUT2D eigenvalue weighted by atomic mass is 16.6. The molecule has 0 saturated carbocycles. The van der Waals surface area contributed by atoms with Crippen molar-refractivity contribution in [3.63, 3.8) is 0 Å². The van der Waals surface area contributed by atoms with Gasteiger partial charge in [0.25, 0.3) is 0 Å². The lowest BCUT2D eigenvalue weighted by molar-refractivity contribution is -0.00213. The van der Waals surface area contributed by atoms with Gasteiger partial charge >= 0.3 is 6.09 Å². The molecular weight excluding hydrogens is 304 g/mol. The van der Waals surface area contributed by atoms with Crippen LogP contribution >= 0.6 is 0 Å². The van der Waals surface area contributed by atoms with E-state index in [1.807, 2.05) is 39.0 Å². The molecule has 1 saturated heterocycles. The molecule has 1 aromatic carbocycles. The largest absolute Gasteiger partial charge is 0.444 e. The highest BCUT2D eigenvalue weighted by molar-refractivity contribution is 5.68. The lowest BCUT2D eigenvalue weighted by atomic mass is 9.96. The number of likely N-dealkylation sites (tertiary alicyclic amines) is 1. The average molecular weight is 334 g/mol. The molecule has 2 rings (SSSR count). The van der Waals surface area contributed by atoms with Gasteiger partial charge in [0.05, 0.1) is 12.6 Å². The van der Waals surface area contributed by atoms with Crippen LogP contribution in [0, 0.1) is 0 Å². The number of rotatable bonds is 4. The maximum absolute atomic E-state index is 12.3. The Labute approximate surface area is 145 Å². The predicted molar refractivity (Wildman–Crippen MR) is 94.8 cm³/mol. The van der Waals surface area contributed by atoms with Crippen LogP contribution in [0.1, 0.15) is 52.1 Å². The van der Waals surface area contributed by atoms with Crippen molar-refractivity contribution in [2.24, 2.45) is 0 Å². The summed E-state index contributed by atoms with van der Waals surface area (Å²) >= 11 is 0. The molecule has 1 aliphatic heterocycles. The van der Waals surface area contributed by atoms with Gasteiger partial charge in [-0.2, -0.15) is 0 Å². The Balaban J connectivity index is 1.93. The fourth-order valence-electron chi connectivity index (χ4n) is 3.13. The number of aliphatic hydroxyl groups is 1. The highest BCUT2D eigenvalue weighted by Crippen LogP contribution is 2.23. The van der Waals surface area contributed by atoms with E-state index in [0.717, 1.165) is 12.8 Å². The van der Waals surface area contributed by atoms with E-state index in [-0.39, 0.29) is 30.8 Å². The molecule has 24 heavy (non-hydrogen) atoms. The number of carbonyl (C=O) groups excluding carboxylic acids is 1. The standard InChI is InChI=1S/C19H30N2O3/c1-14(15-8-6-5-7-9-15)20-16-10-11-21(17(12-16)13-22)18(23)24-19(2,3)4/h5-9,14,16-17,20,22H,10-13H2,1-4H3/t14-,16?,17?/m0/s1. The number of hydrogen-bond acceptors (Lipinski definition) is 4. The third-order valence-corrected chi connectivity index (χ3v) is 4.34. The van der Waals surface area contributed by atoms with Crippen LogP contribution < -0.4 is 5.32 Å². The molecule has 3 atom stereocenters. The number of ether oxygens (including phenoxy) is 1. The number of nitrogens with zero attached hydrogens (tertiary/aromatic N) is 1. The van der Waals surface area contributed by atoms with Crippen molar-refractivity contribution in [3.8, 4) is 0 Å². The molecule has 1 aliphatic rings. The lowest BCUT2D eigenvalue weighted by Crippen LogP contribution is -2.53. The summed E-state index contributed by atoms with van der Waals surface area (Å²) < 4.78 is 5.45. The first-order chi connectivity index (χ1) is 11.3. The Hall–Kier alpha value is -1.59. The quantitative estimate of drug-likeness (QED) is 0.888. The molecule has 0 bridgehead atoms. The van der Waals surface area contributed by atoms with Crippen LogP contribution in [-0.2, 0) is 4.74 Å². The minimum atomic E-state index is -0.520. The summed E-state index contributed by atoms with van der Waals surface area (Å²) in [5.41, 5.74) is 0.723. The van der Waals surface area contributed by atoms with E-state index in [4.69, 9.17) is 4.74 Å².